The highest BCUT2D eigenvalue weighted by atomic mass is 16.6. The smallest absolute Gasteiger partial charge is 0.126 e. The van der Waals surface area contributed by atoms with Crippen molar-refractivity contribution in [3.63, 3.8) is 0 Å². The van der Waals surface area contributed by atoms with E-state index in [4.69, 9.17) is 14.2 Å². The first-order chi connectivity index (χ1) is 12.0. The van der Waals surface area contributed by atoms with Gasteiger partial charge in [-0.25, -0.2) is 0 Å². The van der Waals surface area contributed by atoms with Gasteiger partial charge in [0.15, 0.2) is 0 Å². The zero-order valence-corrected chi connectivity index (χ0v) is 16.1. The number of epoxide rings is 1. The molecule has 2 aliphatic rings. The van der Waals surface area contributed by atoms with Crippen molar-refractivity contribution < 1.29 is 14.2 Å². The zero-order chi connectivity index (χ0) is 17.9. The highest BCUT2D eigenvalue weighted by molar-refractivity contribution is 5.41. The van der Waals surface area contributed by atoms with Crippen LogP contribution in [0.3, 0.4) is 0 Å². The minimum atomic E-state index is 0.119. The molecule has 138 valence electrons. The Kier molecular flexibility index (Phi) is 5.73. The van der Waals surface area contributed by atoms with Crippen LogP contribution in [0.4, 0.5) is 0 Å². The summed E-state index contributed by atoms with van der Waals surface area (Å²) in [5.74, 6) is 2.57. The van der Waals surface area contributed by atoms with Crippen molar-refractivity contribution in [1.29, 1.82) is 0 Å². The van der Waals surface area contributed by atoms with Crippen LogP contribution in [0.2, 0.25) is 0 Å². The van der Waals surface area contributed by atoms with Crippen molar-refractivity contribution in [2.24, 2.45) is 5.92 Å². The maximum absolute atomic E-state index is 5.92. The van der Waals surface area contributed by atoms with Gasteiger partial charge in [-0.1, -0.05) is 25.5 Å². The predicted molar refractivity (Wildman–Crippen MR) is 101 cm³/mol. The predicted octanol–water partition coefficient (Wildman–Crippen LogP) is 5.32. The second kappa shape index (κ2) is 7.82. The summed E-state index contributed by atoms with van der Waals surface area (Å²) in [6.07, 6.45) is 8.17. The fraction of sp³-hybridized carbons (Fsp3) is 0.636. The molecular formula is C22H32O3. The normalized spacial score (nSPS) is 25.5. The molecule has 2 heterocycles. The number of fused-ring (bicyclic) bond motifs is 1. The van der Waals surface area contributed by atoms with Gasteiger partial charge in [-0.3, -0.25) is 0 Å². The quantitative estimate of drug-likeness (QED) is 0.472. The SMILES string of the molecule is C/C(=C\COc1ccc2c(c1)OCCC2)CCC1OC1(C)CC(C)C. The van der Waals surface area contributed by atoms with Crippen molar-refractivity contribution in [2.75, 3.05) is 13.2 Å². The topological polar surface area (TPSA) is 31.0 Å². The summed E-state index contributed by atoms with van der Waals surface area (Å²) in [6.45, 7) is 10.4. The maximum Gasteiger partial charge on any atom is 0.126 e. The van der Waals surface area contributed by atoms with Crippen molar-refractivity contribution in [3.05, 3.63) is 35.4 Å². The average Bonchev–Trinajstić information content (AvgIpc) is 3.21. The van der Waals surface area contributed by atoms with E-state index in [1.165, 1.54) is 11.1 Å². The van der Waals surface area contributed by atoms with E-state index >= 15 is 0 Å². The van der Waals surface area contributed by atoms with Gasteiger partial charge in [0.2, 0.25) is 0 Å². The van der Waals surface area contributed by atoms with Crippen LogP contribution in [0.15, 0.2) is 29.8 Å². The lowest BCUT2D eigenvalue weighted by Gasteiger charge is -2.17. The lowest BCUT2D eigenvalue weighted by atomic mass is 9.93. The van der Waals surface area contributed by atoms with Gasteiger partial charge in [0.05, 0.1) is 18.3 Å². The number of benzene rings is 1. The summed E-state index contributed by atoms with van der Waals surface area (Å²) < 4.78 is 17.5. The van der Waals surface area contributed by atoms with E-state index < -0.39 is 0 Å². The molecule has 0 N–H and O–H groups in total. The number of hydrogen-bond donors (Lipinski definition) is 0. The molecule has 0 spiro atoms. The Labute approximate surface area is 152 Å². The fourth-order valence-corrected chi connectivity index (χ4v) is 3.80. The van der Waals surface area contributed by atoms with Gasteiger partial charge in [-0.15, -0.1) is 0 Å². The van der Waals surface area contributed by atoms with E-state index in [0.717, 1.165) is 50.2 Å². The highest BCUT2D eigenvalue weighted by Crippen LogP contribution is 2.44. The maximum atomic E-state index is 5.92. The van der Waals surface area contributed by atoms with Gasteiger partial charge in [-0.05, 0) is 69.6 Å². The minimum Gasteiger partial charge on any atom is -0.493 e. The van der Waals surface area contributed by atoms with E-state index in [2.05, 4.69) is 39.8 Å². The number of ether oxygens (including phenoxy) is 3. The lowest BCUT2D eigenvalue weighted by Crippen LogP contribution is -2.13. The summed E-state index contributed by atoms with van der Waals surface area (Å²) in [5, 5.41) is 0. The number of aryl methyl sites for hydroxylation is 1. The summed E-state index contributed by atoms with van der Waals surface area (Å²) in [6, 6.07) is 6.19. The molecule has 1 aromatic carbocycles. The van der Waals surface area contributed by atoms with E-state index in [0.29, 0.717) is 18.6 Å². The average molecular weight is 344 g/mol. The van der Waals surface area contributed by atoms with Crippen molar-refractivity contribution in [3.8, 4) is 11.5 Å². The Morgan fingerprint density at radius 3 is 3.04 bits per heavy atom. The summed E-state index contributed by atoms with van der Waals surface area (Å²) in [7, 11) is 0. The molecule has 0 aromatic heterocycles. The lowest BCUT2D eigenvalue weighted by molar-refractivity contribution is 0.274. The zero-order valence-electron chi connectivity index (χ0n) is 16.1. The van der Waals surface area contributed by atoms with Gasteiger partial charge in [0.25, 0.3) is 0 Å². The second-order valence-electron chi connectivity index (χ2n) is 8.14. The van der Waals surface area contributed by atoms with E-state index in [1.807, 2.05) is 12.1 Å². The molecule has 0 amide bonds. The molecule has 2 unspecified atom stereocenters. The van der Waals surface area contributed by atoms with Gasteiger partial charge in [0, 0.05) is 6.07 Å². The Balaban J connectivity index is 1.40. The molecule has 1 fully saturated rings. The third-order valence-corrected chi connectivity index (χ3v) is 5.22. The molecule has 3 nitrogen and oxygen atoms in total. The molecule has 25 heavy (non-hydrogen) atoms. The molecule has 1 aromatic rings. The first-order valence-electron chi connectivity index (χ1n) is 9.68. The van der Waals surface area contributed by atoms with Crippen LogP contribution in [0, 0.1) is 5.92 Å². The van der Waals surface area contributed by atoms with Crippen LogP contribution in [0.25, 0.3) is 0 Å². The van der Waals surface area contributed by atoms with Crippen molar-refractivity contribution in [1.82, 2.24) is 0 Å². The highest BCUT2D eigenvalue weighted by Gasteiger charge is 2.51. The number of allylic oxidation sites excluding steroid dienone is 1. The Morgan fingerprint density at radius 2 is 2.24 bits per heavy atom. The van der Waals surface area contributed by atoms with Crippen LogP contribution >= 0.6 is 0 Å². The monoisotopic (exact) mass is 344 g/mol. The summed E-state index contributed by atoms with van der Waals surface area (Å²) >= 11 is 0. The molecule has 1 saturated heterocycles. The third-order valence-electron chi connectivity index (χ3n) is 5.22. The number of hydrogen-bond acceptors (Lipinski definition) is 3. The largest absolute Gasteiger partial charge is 0.493 e. The summed E-state index contributed by atoms with van der Waals surface area (Å²) in [4.78, 5) is 0. The van der Waals surface area contributed by atoms with E-state index in [-0.39, 0.29) is 5.60 Å². The molecular weight excluding hydrogens is 312 g/mol. The standard InChI is InChI=1S/C22H32O3/c1-16(2)15-22(4)21(25-22)10-7-17(3)11-13-23-19-9-8-18-6-5-12-24-20(18)14-19/h8-9,11,14,16,21H,5-7,10,12-13,15H2,1-4H3/b17-11+. The van der Waals surface area contributed by atoms with Crippen LogP contribution in [-0.4, -0.2) is 24.9 Å². The molecule has 3 rings (SSSR count). The minimum absolute atomic E-state index is 0.119. The van der Waals surface area contributed by atoms with Crippen LogP contribution < -0.4 is 9.47 Å². The van der Waals surface area contributed by atoms with Crippen molar-refractivity contribution >= 4 is 0 Å². The second-order valence-corrected chi connectivity index (χ2v) is 8.14. The Morgan fingerprint density at radius 1 is 1.40 bits per heavy atom. The van der Waals surface area contributed by atoms with Crippen molar-refractivity contribution in [2.45, 2.75) is 71.5 Å². The van der Waals surface area contributed by atoms with E-state index in [9.17, 15) is 0 Å². The first-order valence-corrected chi connectivity index (χ1v) is 9.68. The Hall–Kier alpha value is -1.48. The van der Waals surface area contributed by atoms with Gasteiger partial charge < -0.3 is 14.2 Å². The van der Waals surface area contributed by atoms with E-state index in [1.54, 1.807) is 0 Å². The van der Waals surface area contributed by atoms with Crippen LogP contribution in [0.1, 0.15) is 58.9 Å². The fourth-order valence-electron chi connectivity index (χ4n) is 3.80. The molecule has 0 aliphatic carbocycles. The van der Waals surface area contributed by atoms with Crippen LogP contribution in [0.5, 0.6) is 11.5 Å². The van der Waals surface area contributed by atoms with Crippen LogP contribution in [-0.2, 0) is 11.2 Å². The first kappa shape index (κ1) is 18.3. The summed E-state index contributed by atoms with van der Waals surface area (Å²) in [5.41, 5.74) is 2.78. The molecule has 0 saturated carbocycles. The molecule has 2 aliphatic heterocycles. The third kappa shape index (κ3) is 5.01. The molecule has 3 heteroatoms. The molecule has 2 atom stereocenters. The molecule has 0 radical (unpaired) electrons. The van der Waals surface area contributed by atoms with Gasteiger partial charge in [0.1, 0.15) is 18.1 Å². The van der Waals surface area contributed by atoms with Gasteiger partial charge >= 0.3 is 0 Å². The molecule has 0 bridgehead atoms. The van der Waals surface area contributed by atoms with Gasteiger partial charge in [-0.2, -0.15) is 0 Å². The number of rotatable bonds is 8. The Bertz CT molecular complexity index is 620.